The molecule has 0 radical (unpaired) electrons. The van der Waals surface area contributed by atoms with E-state index in [4.69, 9.17) is 5.10 Å². The zero-order chi connectivity index (χ0) is 27.3. The molecule has 8 nitrogen and oxygen atoms in total. The maximum absolute atomic E-state index is 14.1. The molecule has 0 saturated carbocycles. The summed E-state index contributed by atoms with van der Waals surface area (Å²) in [6.45, 7) is 8.45. The molecule has 1 heterocycles. The molecule has 0 bridgehead atoms. The van der Waals surface area contributed by atoms with Crippen molar-refractivity contribution >= 4 is 23.4 Å². The second kappa shape index (κ2) is 11.5. The lowest BCUT2D eigenvalue weighted by molar-refractivity contribution is -0.116. The van der Waals surface area contributed by atoms with E-state index >= 15 is 0 Å². The Bertz CT molecular complexity index is 1270. The number of rotatable bonds is 8. The summed E-state index contributed by atoms with van der Waals surface area (Å²) in [4.78, 5) is 29.2. The van der Waals surface area contributed by atoms with E-state index in [1.165, 1.54) is 4.90 Å². The first-order valence-electron chi connectivity index (χ1n) is 12.0. The molecule has 0 unspecified atom stereocenters. The molecule has 3 rings (SSSR count). The summed E-state index contributed by atoms with van der Waals surface area (Å²) in [5.41, 5.74) is 2.16. The Morgan fingerprint density at radius 1 is 1.00 bits per heavy atom. The monoisotopic (exact) mass is 512 g/mol. The highest BCUT2D eigenvalue weighted by Crippen LogP contribution is 2.27. The Hall–Kier alpha value is -3.79. The van der Waals surface area contributed by atoms with Crippen LogP contribution < -0.4 is 10.6 Å². The van der Waals surface area contributed by atoms with Crippen molar-refractivity contribution in [1.82, 2.24) is 19.6 Å². The summed E-state index contributed by atoms with van der Waals surface area (Å²) < 4.78 is 29.1. The predicted molar refractivity (Wildman–Crippen MR) is 141 cm³/mol. The Balaban J connectivity index is 1.84. The van der Waals surface area contributed by atoms with E-state index in [1.807, 2.05) is 77.0 Å². The number of aryl methyl sites for hydroxylation is 1. The summed E-state index contributed by atoms with van der Waals surface area (Å²) in [6.07, 6.45) is 0. The van der Waals surface area contributed by atoms with Gasteiger partial charge in [0.25, 0.3) is 0 Å². The van der Waals surface area contributed by atoms with Crippen LogP contribution in [0.25, 0.3) is 5.69 Å². The van der Waals surface area contributed by atoms with Crippen LogP contribution in [-0.4, -0.2) is 65.2 Å². The van der Waals surface area contributed by atoms with Gasteiger partial charge in [-0.25, -0.2) is 18.3 Å². The second-order valence-electron chi connectivity index (χ2n) is 10.2. The van der Waals surface area contributed by atoms with Crippen LogP contribution in [0, 0.1) is 18.6 Å². The van der Waals surface area contributed by atoms with Crippen molar-refractivity contribution in [3.63, 3.8) is 0 Å². The molecule has 0 saturated heterocycles. The van der Waals surface area contributed by atoms with Gasteiger partial charge in [-0.15, -0.1) is 0 Å². The van der Waals surface area contributed by atoms with Gasteiger partial charge in [0.05, 0.1) is 17.1 Å². The number of hydrogen-bond donors (Lipinski definition) is 2. The van der Waals surface area contributed by atoms with Gasteiger partial charge in [0.15, 0.2) is 0 Å². The quantitative estimate of drug-likeness (QED) is 0.455. The standard InChI is InChI=1S/C27H34F2N6O2/c1-18-9-7-8-10-22(18)35-24(16-23(32-35)27(2,3)4)31-25(36)17-34(14-13-33(5)6)26(37)30-21-12-11-19(28)15-20(21)29/h7-12,15-16H,13-14,17H2,1-6H3,(H,30,37)(H,31,36). The van der Waals surface area contributed by atoms with Crippen LogP contribution >= 0.6 is 0 Å². The Kier molecular flexibility index (Phi) is 8.65. The van der Waals surface area contributed by atoms with Crippen LogP contribution in [0.3, 0.4) is 0 Å². The summed E-state index contributed by atoms with van der Waals surface area (Å²) in [6, 6.07) is 11.7. The highest BCUT2D eigenvalue weighted by atomic mass is 19.1. The van der Waals surface area contributed by atoms with Gasteiger partial charge in [0.2, 0.25) is 5.91 Å². The van der Waals surface area contributed by atoms with E-state index < -0.39 is 23.6 Å². The van der Waals surface area contributed by atoms with E-state index in [-0.39, 0.29) is 24.2 Å². The molecule has 0 aliphatic carbocycles. The maximum Gasteiger partial charge on any atom is 0.322 e. The molecule has 3 amide bonds. The van der Waals surface area contributed by atoms with Gasteiger partial charge in [0, 0.05) is 30.6 Å². The van der Waals surface area contributed by atoms with E-state index in [9.17, 15) is 18.4 Å². The van der Waals surface area contributed by atoms with E-state index in [2.05, 4.69) is 10.6 Å². The molecule has 198 valence electrons. The Morgan fingerprint density at radius 2 is 1.70 bits per heavy atom. The number of benzene rings is 2. The minimum absolute atomic E-state index is 0.172. The lowest BCUT2D eigenvalue weighted by atomic mass is 9.92. The van der Waals surface area contributed by atoms with Crippen molar-refractivity contribution < 1.29 is 18.4 Å². The van der Waals surface area contributed by atoms with Crippen molar-refractivity contribution in [2.75, 3.05) is 44.4 Å². The molecular weight excluding hydrogens is 478 g/mol. The number of carbonyl (C=O) groups excluding carboxylic acids is 2. The topological polar surface area (TPSA) is 82.5 Å². The molecular formula is C27H34F2N6O2. The molecule has 0 spiro atoms. The number of likely N-dealkylation sites (N-methyl/N-ethyl adjacent to an activating group) is 1. The number of amides is 3. The molecule has 0 fully saturated rings. The van der Waals surface area contributed by atoms with Crippen LogP contribution in [0.4, 0.5) is 25.1 Å². The predicted octanol–water partition coefficient (Wildman–Crippen LogP) is 4.79. The largest absolute Gasteiger partial charge is 0.322 e. The highest BCUT2D eigenvalue weighted by molar-refractivity contribution is 5.96. The molecule has 37 heavy (non-hydrogen) atoms. The fourth-order valence-electron chi connectivity index (χ4n) is 3.54. The Morgan fingerprint density at radius 3 is 2.32 bits per heavy atom. The number of carbonyl (C=O) groups is 2. The van der Waals surface area contributed by atoms with Crippen molar-refractivity contribution in [1.29, 1.82) is 0 Å². The van der Waals surface area contributed by atoms with Crippen molar-refractivity contribution in [2.45, 2.75) is 33.1 Å². The SMILES string of the molecule is Cc1ccccc1-n1nc(C(C)(C)C)cc1NC(=O)CN(CCN(C)C)C(=O)Nc1ccc(F)cc1F. The molecule has 1 aromatic heterocycles. The summed E-state index contributed by atoms with van der Waals surface area (Å²) in [7, 11) is 3.68. The van der Waals surface area contributed by atoms with Gasteiger partial charge in [-0.2, -0.15) is 5.10 Å². The number of nitrogens with zero attached hydrogens (tertiary/aromatic N) is 4. The average Bonchev–Trinajstić information content (AvgIpc) is 3.22. The van der Waals surface area contributed by atoms with Crippen molar-refractivity contribution in [2.24, 2.45) is 0 Å². The fraction of sp³-hybridized carbons (Fsp3) is 0.370. The number of halogens is 2. The Labute approximate surface area is 216 Å². The minimum atomic E-state index is -0.901. The molecule has 0 aliphatic heterocycles. The van der Waals surface area contributed by atoms with Crippen molar-refractivity contribution in [3.05, 3.63) is 71.4 Å². The zero-order valence-electron chi connectivity index (χ0n) is 22.1. The van der Waals surface area contributed by atoms with Crippen LogP contribution in [0.15, 0.2) is 48.5 Å². The normalized spacial score (nSPS) is 11.5. The van der Waals surface area contributed by atoms with Gasteiger partial charge < -0.3 is 20.4 Å². The summed E-state index contributed by atoms with van der Waals surface area (Å²) >= 11 is 0. The zero-order valence-corrected chi connectivity index (χ0v) is 22.1. The highest BCUT2D eigenvalue weighted by Gasteiger charge is 2.24. The fourth-order valence-corrected chi connectivity index (χ4v) is 3.54. The number of para-hydroxylation sites is 1. The lowest BCUT2D eigenvalue weighted by Gasteiger charge is -2.24. The van der Waals surface area contributed by atoms with Crippen molar-refractivity contribution in [3.8, 4) is 5.69 Å². The van der Waals surface area contributed by atoms with Gasteiger partial charge in [-0.3, -0.25) is 4.79 Å². The van der Waals surface area contributed by atoms with Gasteiger partial charge >= 0.3 is 6.03 Å². The van der Waals surface area contributed by atoms with Crippen LogP contribution in [0.1, 0.15) is 32.0 Å². The van der Waals surface area contributed by atoms with Crippen LogP contribution in [0.5, 0.6) is 0 Å². The number of aromatic nitrogens is 2. The number of hydrogen-bond acceptors (Lipinski definition) is 4. The second-order valence-corrected chi connectivity index (χ2v) is 10.2. The third-order valence-electron chi connectivity index (χ3n) is 5.70. The number of nitrogens with one attached hydrogen (secondary N) is 2. The number of anilines is 2. The first-order chi connectivity index (χ1) is 17.3. The third kappa shape index (κ3) is 7.36. The smallest absolute Gasteiger partial charge is 0.314 e. The first-order valence-corrected chi connectivity index (χ1v) is 12.0. The molecule has 0 atom stereocenters. The summed E-state index contributed by atoms with van der Waals surface area (Å²) in [5, 5.41) is 10.1. The van der Waals surface area contributed by atoms with E-state index in [0.29, 0.717) is 18.4 Å². The van der Waals surface area contributed by atoms with Crippen LogP contribution in [-0.2, 0) is 10.2 Å². The van der Waals surface area contributed by atoms with E-state index in [1.54, 1.807) is 4.68 Å². The number of urea groups is 1. The van der Waals surface area contributed by atoms with E-state index in [0.717, 1.165) is 29.1 Å². The van der Waals surface area contributed by atoms with Gasteiger partial charge in [0.1, 0.15) is 24.0 Å². The molecule has 0 aliphatic rings. The lowest BCUT2D eigenvalue weighted by Crippen LogP contribution is -2.44. The molecule has 3 aromatic rings. The van der Waals surface area contributed by atoms with Gasteiger partial charge in [-0.05, 0) is 44.8 Å². The molecule has 2 N–H and O–H groups in total. The van der Waals surface area contributed by atoms with Gasteiger partial charge in [-0.1, -0.05) is 39.0 Å². The third-order valence-corrected chi connectivity index (χ3v) is 5.70. The average molecular weight is 513 g/mol. The minimum Gasteiger partial charge on any atom is -0.314 e. The molecule has 10 heteroatoms. The first kappa shape index (κ1) is 27.8. The molecule has 2 aromatic carbocycles. The maximum atomic E-state index is 14.1. The van der Waals surface area contributed by atoms with Crippen LogP contribution in [0.2, 0.25) is 0 Å². The summed E-state index contributed by atoms with van der Waals surface area (Å²) in [5.74, 6) is -1.62.